The number of amides is 1. The van der Waals surface area contributed by atoms with Crippen LogP contribution in [0, 0.1) is 0 Å². The summed E-state index contributed by atoms with van der Waals surface area (Å²) in [5.74, 6) is -0.0765. The van der Waals surface area contributed by atoms with E-state index in [9.17, 15) is 4.79 Å². The maximum Gasteiger partial charge on any atom is 0.259 e. The van der Waals surface area contributed by atoms with Gasteiger partial charge in [0.25, 0.3) is 5.91 Å². The largest absolute Gasteiger partial charge is 0.287 e. The molecule has 0 aliphatic rings. The Bertz CT molecular complexity index is 441. The molecule has 0 radical (unpaired) electrons. The third-order valence-corrected chi connectivity index (χ3v) is 2.79. The van der Waals surface area contributed by atoms with Crippen LogP contribution in [-0.2, 0) is 0 Å². The number of aromatic nitrogens is 2. The van der Waals surface area contributed by atoms with Gasteiger partial charge in [-0.25, -0.2) is 4.98 Å². The van der Waals surface area contributed by atoms with Gasteiger partial charge in [-0.3, -0.25) is 14.7 Å². The lowest BCUT2D eigenvalue weighted by Crippen LogP contribution is -2.25. The molecule has 76 valence electrons. The molecule has 0 aliphatic heterocycles. The minimum Gasteiger partial charge on any atom is -0.287 e. The first kappa shape index (κ1) is 9.79. The van der Waals surface area contributed by atoms with Crippen molar-refractivity contribution in [1.82, 2.24) is 9.97 Å². The Kier molecular flexibility index (Phi) is 2.73. The van der Waals surface area contributed by atoms with Gasteiger partial charge in [0, 0.05) is 36.6 Å². The summed E-state index contributed by atoms with van der Waals surface area (Å²) < 4.78 is 0. The Morgan fingerprint density at radius 2 is 2.07 bits per heavy atom. The molecule has 0 aromatic carbocycles. The number of carbonyl (C=O) groups excluding carboxylic acids is 1. The van der Waals surface area contributed by atoms with E-state index in [-0.39, 0.29) is 5.91 Å². The zero-order chi connectivity index (χ0) is 10.7. The quantitative estimate of drug-likeness (QED) is 0.774. The number of rotatable bonds is 2. The molecule has 15 heavy (non-hydrogen) atoms. The van der Waals surface area contributed by atoms with Gasteiger partial charge in [-0.05, 0) is 12.1 Å². The lowest BCUT2D eigenvalue weighted by atomic mass is 10.2. The van der Waals surface area contributed by atoms with Crippen molar-refractivity contribution >= 4 is 22.4 Å². The molecule has 2 aromatic rings. The van der Waals surface area contributed by atoms with E-state index in [0.29, 0.717) is 10.7 Å². The van der Waals surface area contributed by atoms with E-state index in [1.807, 2.05) is 5.38 Å². The van der Waals surface area contributed by atoms with Crippen LogP contribution in [0.15, 0.2) is 36.1 Å². The molecule has 0 unspecified atom stereocenters. The molecule has 0 saturated carbocycles. The maximum atomic E-state index is 11.9. The molecular formula is C10H9N3OS. The highest BCUT2D eigenvalue weighted by atomic mass is 32.1. The van der Waals surface area contributed by atoms with Crippen LogP contribution in [0.25, 0.3) is 0 Å². The van der Waals surface area contributed by atoms with Crippen molar-refractivity contribution in [1.29, 1.82) is 0 Å². The first-order valence-corrected chi connectivity index (χ1v) is 5.24. The van der Waals surface area contributed by atoms with Crippen LogP contribution >= 0.6 is 11.3 Å². The van der Waals surface area contributed by atoms with Crippen LogP contribution in [0.4, 0.5) is 5.13 Å². The predicted molar refractivity (Wildman–Crippen MR) is 59.1 cm³/mol. The van der Waals surface area contributed by atoms with E-state index >= 15 is 0 Å². The van der Waals surface area contributed by atoms with E-state index in [1.54, 1.807) is 37.8 Å². The highest BCUT2D eigenvalue weighted by molar-refractivity contribution is 7.13. The third-order valence-electron chi connectivity index (χ3n) is 1.94. The van der Waals surface area contributed by atoms with Gasteiger partial charge < -0.3 is 0 Å². The Morgan fingerprint density at radius 1 is 1.33 bits per heavy atom. The van der Waals surface area contributed by atoms with Crippen molar-refractivity contribution in [3.05, 3.63) is 41.7 Å². The zero-order valence-electron chi connectivity index (χ0n) is 8.12. The molecule has 0 fully saturated rings. The number of carbonyl (C=O) groups is 1. The van der Waals surface area contributed by atoms with E-state index in [1.165, 1.54) is 16.2 Å². The van der Waals surface area contributed by atoms with Crippen molar-refractivity contribution in [3.8, 4) is 0 Å². The standard InChI is InChI=1S/C10H9N3OS/c1-13(10-12-6-7-15-10)9(14)8-2-4-11-5-3-8/h2-7H,1H3. The fraction of sp³-hybridized carbons (Fsp3) is 0.100. The number of pyridine rings is 1. The summed E-state index contributed by atoms with van der Waals surface area (Å²) in [4.78, 5) is 21.4. The molecule has 0 saturated heterocycles. The van der Waals surface area contributed by atoms with Crippen LogP contribution in [0.3, 0.4) is 0 Å². The van der Waals surface area contributed by atoms with Crippen molar-refractivity contribution in [2.24, 2.45) is 0 Å². The van der Waals surface area contributed by atoms with E-state index in [0.717, 1.165) is 0 Å². The molecule has 2 heterocycles. The first-order valence-electron chi connectivity index (χ1n) is 4.36. The average molecular weight is 219 g/mol. The summed E-state index contributed by atoms with van der Waals surface area (Å²) in [6.45, 7) is 0. The number of thiazole rings is 1. The monoisotopic (exact) mass is 219 g/mol. The van der Waals surface area contributed by atoms with Gasteiger partial charge in [-0.2, -0.15) is 0 Å². The molecule has 0 spiro atoms. The van der Waals surface area contributed by atoms with Crippen molar-refractivity contribution in [2.45, 2.75) is 0 Å². The maximum absolute atomic E-state index is 11.9. The molecule has 0 atom stereocenters. The van der Waals surface area contributed by atoms with Gasteiger partial charge in [-0.1, -0.05) is 0 Å². The number of hydrogen-bond donors (Lipinski definition) is 0. The second-order valence-electron chi connectivity index (χ2n) is 2.91. The molecule has 4 nitrogen and oxygen atoms in total. The predicted octanol–water partition coefficient (Wildman–Crippen LogP) is 1.81. The van der Waals surface area contributed by atoms with Crippen molar-refractivity contribution < 1.29 is 4.79 Å². The minimum absolute atomic E-state index is 0.0765. The Morgan fingerprint density at radius 3 is 2.67 bits per heavy atom. The van der Waals surface area contributed by atoms with E-state index in [2.05, 4.69) is 9.97 Å². The Labute approximate surface area is 91.2 Å². The Hall–Kier alpha value is -1.75. The SMILES string of the molecule is CN(C(=O)c1ccncc1)c1nccs1. The van der Waals surface area contributed by atoms with E-state index in [4.69, 9.17) is 0 Å². The average Bonchev–Trinajstić information content (AvgIpc) is 2.82. The highest BCUT2D eigenvalue weighted by Crippen LogP contribution is 2.17. The third kappa shape index (κ3) is 2.02. The van der Waals surface area contributed by atoms with Gasteiger partial charge in [0.15, 0.2) is 5.13 Å². The molecule has 0 bridgehead atoms. The molecule has 0 N–H and O–H groups in total. The van der Waals surface area contributed by atoms with Crippen molar-refractivity contribution in [2.75, 3.05) is 11.9 Å². The van der Waals surface area contributed by atoms with Crippen LogP contribution < -0.4 is 4.90 Å². The summed E-state index contributed by atoms with van der Waals surface area (Å²) in [7, 11) is 1.71. The van der Waals surface area contributed by atoms with Crippen LogP contribution in [-0.4, -0.2) is 22.9 Å². The molecule has 2 aromatic heterocycles. The molecule has 5 heteroatoms. The topological polar surface area (TPSA) is 46.1 Å². The van der Waals surface area contributed by atoms with E-state index < -0.39 is 0 Å². The van der Waals surface area contributed by atoms with Crippen LogP contribution in [0.5, 0.6) is 0 Å². The molecule has 1 amide bonds. The summed E-state index contributed by atoms with van der Waals surface area (Å²) in [5, 5.41) is 2.53. The smallest absolute Gasteiger partial charge is 0.259 e. The van der Waals surface area contributed by atoms with Gasteiger partial charge in [0.1, 0.15) is 0 Å². The summed E-state index contributed by atoms with van der Waals surface area (Å²) in [6, 6.07) is 3.37. The summed E-state index contributed by atoms with van der Waals surface area (Å²) in [6.07, 6.45) is 4.88. The summed E-state index contributed by atoms with van der Waals surface area (Å²) in [5.41, 5.74) is 0.614. The fourth-order valence-corrected chi connectivity index (χ4v) is 1.76. The van der Waals surface area contributed by atoms with Crippen LogP contribution in [0.1, 0.15) is 10.4 Å². The minimum atomic E-state index is -0.0765. The number of nitrogens with zero attached hydrogens (tertiary/aromatic N) is 3. The zero-order valence-corrected chi connectivity index (χ0v) is 8.94. The molecule has 0 aliphatic carbocycles. The second-order valence-corrected chi connectivity index (χ2v) is 3.79. The van der Waals surface area contributed by atoms with Crippen molar-refractivity contribution in [3.63, 3.8) is 0 Å². The lowest BCUT2D eigenvalue weighted by molar-refractivity contribution is 0.0993. The lowest BCUT2D eigenvalue weighted by Gasteiger charge is -2.12. The van der Waals surface area contributed by atoms with Gasteiger partial charge >= 0.3 is 0 Å². The van der Waals surface area contributed by atoms with Gasteiger partial charge in [-0.15, -0.1) is 11.3 Å². The molecular weight excluding hydrogens is 210 g/mol. The number of hydrogen-bond acceptors (Lipinski definition) is 4. The van der Waals surface area contributed by atoms with Gasteiger partial charge in [0.05, 0.1) is 0 Å². The highest BCUT2D eigenvalue weighted by Gasteiger charge is 2.14. The van der Waals surface area contributed by atoms with Crippen LogP contribution in [0.2, 0.25) is 0 Å². The summed E-state index contributed by atoms with van der Waals surface area (Å²) >= 11 is 1.43. The Balaban J connectivity index is 2.23. The number of anilines is 1. The first-order chi connectivity index (χ1) is 7.29. The fourth-order valence-electron chi connectivity index (χ4n) is 1.16. The molecule has 2 rings (SSSR count). The van der Waals surface area contributed by atoms with Gasteiger partial charge in [0.2, 0.25) is 0 Å². The second kappa shape index (κ2) is 4.18. The normalized spacial score (nSPS) is 9.93.